The van der Waals surface area contributed by atoms with E-state index in [2.05, 4.69) is 6.92 Å². The third kappa shape index (κ3) is 4.46. The van der Waals surface area contributed by atoms with Crippen molar-refractivity contribution in [1.82, 2.24) is 4.90 Å². The zero-order valence-electron chi connectivity index (χ0n) is 17.8. The molecule has 1 unspecified atom stereocenters. The Morgan fingerprint density at radius 1 is 1.25 bits per heavy atom. The van der Waals surface area contributed by atoms with Gasteiger partial charge in [0.05, 0.1) is 10.9 Å². The maximum Gasteiger partial charge on any atom is 0.453 e. The highest BCUT2D eigenvalue weighted by Gasteiger charge is 2.41. The molecule has 1 aliphatic rings. The molecule has 170 valence electrons. The summed E-state index contributed by atoms with van der Waals surface area (Å²) in [5, 5.41) is 10.4. The summed E-state index contributed by atoms with van der Waals surface area (Å²) in [5.74, 6) is -2.11. The third-order valence-corrected chi connectivity index (χ3v) is 5.69. The monoisotopic (exact) mass is 447 g/mol. The van der Waals surface area contributed by atoms with E-state index in [1.807, 2.05) is 4.90 Å². The average molecular weight is 447 g/mol. The lowest BCUT2D eigenvalue weighted by Crippen LogP contribution is -2.33. The van der Waals surface area contributed by atoms with Gasteiger partial charge in [0.15, 0.2) is 0 Å². The number of halogens is 3. The fraction of sp³-hybridized carbons (Fsp3) is 0.375. The molecule has 1 saturated heterocycles. The van der Waals surface area contributed by atoms with Gasteiger partial charge in [-0.05, 0) is 62.1 Å². The molecule has 0 amide bonds. The lowest BCUT2D eigenvalue weighted by molar-refractivity contribution is -0.154. The van der Waals surface area contributed by atoms with Gasteiger partial charge in [-0.3, -0.25) is 9.69 Å². The molecule has 1 atom stereocenters. The van der Waals surface area contributed by atoms with Crippen LogP contribution in [0.3, 0.4) is 0 Å². The van der Waals surface area contributed by atoms with Crippen LogP contribution in [0.1, 0.15) is 36.7 Å². The number of phenols is 1. The molecule has 0 saturated carbocycles. The van der Waals surface area contributed by atoms with Gasteiger partial charge in [0, 0.05) is 13.1 Å². The minimum Gasteiger partial charge on any atom is -0.507 e. The number of aryl methyl sites for hydroxylation is 1. The number of likely N-dealkylation sites (tertiary alicyclic amines) is 1. The Hall–Kier alpha value is -3.00. The molecular weight excluding hydrogens is 423 g/mol. The van der Waals surface area contributed by atoms with Crippen molar-refractivity contribution in [3.05, 3.63) is 63.5 Å². The van der Waals surface area contributed by atoms with Crippen LogP contribution in [-0.2, 0) is 12.7 Å². The van der Waals surface area contributed by atoms with Crippen molar-refractivity contribution in [2.24, 2.45) is 5.92 Å². The van der Waals surface area contributed by atoms with Crippen molar-refractivity contribution in [3.8, 4) is 17.2 Å². The van der Waals surface area contributed by atoms with E-state index in [1.165, 1.54) is 24.3 Å². The van der Waals surface area contributed by atoms with Gasteiger partial charge in [-0.25, -0.2) is 0 Å². The Kier molecular flexibility index (Phi) is 5.90. The zero-order valence-corrected chi connectivity index (χ0v) is 17.8. The van der Waals surface area contributed by atoms with Crippen molar-refractivity contribution in [3.63, 3.8) is 0 Å². The number of nitrogens with zero attached hydrogens (tertiary/aromatic N) is 1. The molecule has 0 spiro atoms. The average Bonchev–Trinajstić information content (AvgIpc) is 2.71. The maximum absolute atomic E-state index is 13.9. The number of alkyl halides is 3. The molecule has 4 rings (SSSR count). The van der Waals surface area contributed by atoms with Crippen molar-refractivity contribution in [2.75, 3.05) is 13.1 Å². The fourth-order valence-corrected chi connectivity index (χ4v) is 4.17. The lowest BCUT2D eigenvalue weighted by Gasteiger charge is -2.31. The second kappa shape index (κ2) is 8.50. The molecule has 1 aliphatic heterocycles. The van der Waals surface area contributed by atoms with Gasteiger partial charge in [0.25, 0.3) is 5.76 Å². The molecular formula is C24H24F3NO4. The van der Waals surface area contributed by atoms with E-state index in [9.17, 15) is 23.1 Å². The number of piperidine rings is 1. The van der Waals surface area contributed by atoms with Crippen LogP contribution in [0.4, 0.5) is 13.2 Å². The summed E-state index contributed by atoms with van der Waals surface area (Å²) in [6, 6.07) is 8.96. The van der Waals surface area contributed by atoms with Crippen LogP contribution >= 0.6 is 0 Å². The Bertz CT molecular complexity index is 1200. The van der Waals surface area contributed by atoms with Gasteiger partial charge in [-0.15, -0.1) is 0 Å². The Labute approximate surface area is 183 Å². The summed E-state index contributed by atoms with van der Waals surface area (Å²) >= 11 is 0. The number of fused-ring (bicyclic) bond motifs is 1. The molecule has 0 bridgehead atoms. The van der Waals surface area contributed by atoms with Gasteiger partial charge < -0.3 is 14.3 Å². The number of ether oxygens (including phenoxy) is 1. The minimum atomic E-state index is -4.96. The normalized spacial score (nSPS) is 17.6. The molecule has 1 aromatic heterocycles. The Balaban J connectivity index is 1.86. The van der Waals surface area contributed by atoms with Crippen LogP contribution in [0.2, 0.25) is 0 Å². The Morgan fingerprint density at radius 3 is 2.72 bits per heavy atom. The zero-order chi connectivity index (χ0) is 23.0. The minimum absolute atomic E-state index is 0.0708. The van der Waals surface area contributed by atoms with E-state index >= 15 is 0 Å². The number of rotatable bonds is 4. The molecule has 32 heavy (non-hydrogen) atoms. The van der Waals surface area contributed by atoms with Crippen LogP contribution < -0.4 is 10.2 Å². The maximum atomic E-state index is 13.9. The summed E-state index contributed by atoms with van der Waals surface area (Å²) in [4.78, 5) is 15.2. The molecule has 2 aromatic carbocycles. The van der Waals surface area contributed by atoms with Crippen LogP contribution in [0.15, 0.2) is 45.6 Å². The van der Waals surface area contributed by atoms with E-state index in [0.717, 1.165) is 31.5 Å². The van der Waals surface area contributed by atoms with Gasteiger partial charge in [-0.2, -0.15) is 13.2 Å². The van der Waals surface area contributed by atoms with Crippen molar-refractivity contribution in [2.45, 2.75) is 39.4 Å². The first-order valence-electron chi connectivity index (χ1n) is 10.5. The fourth-order valence-electron chi connectivity index (χ4n) is 4.17. The first-order chi connectivity index (χ1) is 15.1. The van der Waals surface area contributed by atoms with Crippen LogP contribution in [0.5, 0.6) is 17.2 Å². The number of hydrogen-bond donors (Lipinski definition) is 1. The molecule has 0 radical (unpaired) electrons. The van der Waals surface area contributed by atoms with Gasteiger partial charge in [0.2, 0.25) is 11.2 Å². The summed E-state index contributed by atoms with van der Waals surface area (Å²) < 4.78 is 52.4. The SMILES string of the molecule is Cc1cccc(Oc2c(C(F)(F)F)oc3c(CN4CCCC(C)C4)c(O)ccc3c2=O)c1. The smallest absolute Gasteiger partial charge is 0.453 e. The molecule has 3 aromatic rings. The largest absolute Gasteiger partial charge is 0.507 e. The number of hydrogen-bond acceptors (Lipinski definition) is 5. The Morgan fingerprint density at radius 2 is 2.03 bits per heavy atom. The van der Waals surface area contributed by atoms with Crippen molar-refractivity contribution >= 4 is 11.0 Å². The topological polar surface area (TPSA) is 62.9 Å². The van der Waals surface area contributed by atoms with Crippen molar-refractivity contribution in [1.29, 1.82) is 0 Å². The first-order valence-corrected chi connectivity index (χ1v) is 10.5. The van der Waals surface area contributed by atoms with E-state index in [0.29, 0.717) is 5.92 Å². The first kappa shape index (κ1) is 22.2. The number of aromatic hydroxyl groups is 1. The second-order valence-corrected chi connectivity index (χ2v) is 8.43. The quantitative estimate of drug-likeness (QED) is 0.544. The summed E-state index contributed by atoms with van der Waals surface area (Å²) in [7, 11) is 0. The highest BCUT2D eigenvalue weighted by atomic mass is 19.4. The van der Waals surface area contributed by atoms with Crippen molar-refractivity contribution < 1.29 is 27.4 Å². The van der Waals surface area contributed by atoms with Crippen LogP contribution in [0, 0.1) is 12.8 Å². The highest BCUT2D eigenvalue weighted by molar-refractivity contribution is 5.83. The van der Waals surface area contributed by atoms with E-state index in [4.69, 9.17) is 9.15 Å². The predicted octanol–water partition coefficient (Wildman–Crippen LogP) is 5.85. The van der Waals surface area contributed by atoms with Crippen LogP contribution in [-0.4, -0.2) is 23.1 Å². The molecule has 0 aliphatic carbocycles. The van der Waals surface area contributed by atoms with Crippen LogP contribution in [0.25, 0.3) is 11.0 Å². The number of benzene rings is 2. The molecule has 5 nitrogen and oxygen atoms in total. The number of phenolic OH excluding ortho intramolecular Hbond substituents is 1. The third-order valence-electron chi connectivity index (χ3n) is 5.69. The summed E-state index contributed by atoms with van der Waals surface area (Å²) in [6.45, 7) is 5.56. The molecule has 1 fully saturated rings. The highest BCUT2D eigenvalue weighted by Crippen LogP contribution is 2.40. The molecule has 1 N–H and O–H groups in total. The molecule has 2 heterocycles. The molecule has 8 heteroatoms. The predicted molar refractivity (Wildman–Crippen MR) is 114 cm³/mol. The van der Waals surface area contributed by atoms with E-state index in [1.54, 1.807) is 19.1 Å². The standard InChI is InChI=1S/C24H24F3NO4/c1-14-5-3-7-16(11-14)31-22-20(30)17-8-9-19(29)18(13-28-10-4-6-15(2)12-28)21(17)32-23(22)24(25,26)27/h3,5,7-9,11,15,29H,4,6,10,12-13H2,1-2H3. The van der Waals surface area contributed by atoms with E-state index < -0.39 is 23.1 Å². The van der Waals surface area contributed by atoms with Gasteiger partial charge in [-0.1, -0.05) is 19.1 Å². The van der Waals surface area contributed by atoms with Gasteiger partial charge >= 0.3 is 6.18 Å². The van der Waals surface area contributed by atoms with Gasteiger partial charge in [0.1, 0.15) is 17.1 Å². The summed E-state index contributed by atoms with van der Waals surface area (Å²) in [6.07, 6.45) is -2.93. The van der Waals surface area contributed by atoms with E-state index in [-0.39, 0.29) is 34.6 Å². The second-order valence-electron chi connectivity index (χ2n) is 8.43. The lowest BCUT2D eigenvalue weighted by atomic mass is 9.99. The summed E-state index contributed by atoms with van der Waals surface area (Å²) in [5.41, 5.74) is -0.268.